The second-order valence-electron chi connectivity index (χ2n) is 5.54. The summed E-state index contributed by atoms with van der Waals surface area (Å²) < 4.78 is 4.80. The van der Waals surface area contributed by atoms with Crippen molar-refractivity contribution in [1.29, 1.82) is 0 Å². The van der Waals surface area contributed by atoms with Gasteiger partial charge in [-0.2, -0.15) is 0 Å². The average Bonchev–Trinajstić information content (AvgIpc) is 3.05. The summed E-state index contributed by atoms with van der Waals surface area (Å²) in [6.07, 6.45) is 5.09. The van der Waals surface area contributed by atoms with Crippen molar-refractivity contribution in [2.45, 2.75) is 26.2 Å². The van der Waals surface area contributed by atoms with E-state index in [0.29, 0.717) is 6.54 Å². The van der Waals surface area contributed by atoms with Crippen LogP contribution in [0.2, 0.25) is 0 Å². The minimum atomic E-state index is -0.192. The second-order valence-corrected chi connectivity index (χ2v) is 6.62. The lowest BCUT2D eigenvalue weighted by molar-refractivity contribution is -0.144. The standard InChI is InChI=1S/C15H19N3O2S/c1-9(15(19)20-3)7-18(2)13-12-10-5-4-6-11(10)21-14(12)17-8-16-13/h8-9H,4-7H2,1-3H3. The summed E-state index contributed by atoms with van der Waals surface area (Å²) in [6, 6.07) is 0. The SMILES string of the molecule is COC(=O)C(C)CN(C)c1ncnc2sc3c(c12)CCC3. The number of thiophene rings is 1. The molecule has 3 rings (SSSR count). The van der Waals surface area contributed by atoms with Gasteiger partial charge in [0.2, 0.25) is 0 Å². The zero-order valence-corrected chi connectivity index (χ0v) is 13.4. The number of hydrogen-bond donors (Lipinski definition) is 0. The third-order valence-electron chi connectivity index (χ3n) is 3.99. The number of fused-ring (bicyclic) bond motifs is 3. The number of methoxy groups -OCH3 is 1. The molecule has 112 valence electrons. The van der Waals surface area contributed by atoms with Crippen molar-refractivity contribution < 1.29 is 9.53 Å². The predicted molar refractivity (Wildman–Crippen MR) is 83.9 cm³/mol. The van der Waals surface area contributed by atoms with Crippen molar-refractivity contribution >= 4 is 33.3 Å². The number of aryl methyl sites for hydroxylation is 2. The van der Waals surface area contributed by atoms with E-state index < -0.39 is 0 Å². The molecule has 2 heterocycles. The zero-order valence-electron chi connectivity index (χ0n) is 12.5. The predicted octanol–water partition coefficient (Wildman–Crippen LogP) is 2.43. The average molecular weight is 305 g/mol. The summed E-state index contributed by atoms with van der Waals surface area (Å²) in [7, 11) is 3.40. The highest BCUT2D eigenvalue weighted by molar-refractivity contribution is 7.19. The fraction of sp³-hybridized carbons (Fsp3) is 0.533. The smallest absolute Gasteiger partial charge is 0.310 e. The Kier molecular flexibility index (Phi) is 3.80. The van der Waals surface area contributed by atoms with Crippen LogP contribution >= 0.6 is 11.3 Å². The Morgan fingerprint density at radius 1 is 1.48 bits per heavy atom. The fourth-order valence-corrected chi connectivity index (χ4v) is 4.20. The molecule has 2 aromatic rings. The van der Waals surface area contributed by atoms with Gasteiger partial charge in [0.05, 0.1) is 18.4 Å². The zero-order chi connectivity index (χ0) is 15.0. The van der Waals surface area contributed by atoms with Crippen LogP contribution in [0, 0.1) is 5.92 Å². The first-order valence-corrected chi connectivity index (χ1v) is 7.97. The topological polar surface area (TPSA) is 55.3 Å². The van der Waals surface area contributed by atoms with E-state index in [0.717, 1.165) is 23.5 Å². The molecule has 0 spiro atoms. The molecule has 0 saturated carbocycles. The van der Waals surface area contributed by atoms with Crippen LogP contribution in [-0.2, 0) is 22.4 Å². The van der Waals surface area contributed by atoms with Gasteiger partial charge in [-0.3, -0.25) is 4.79 Å². The Balaban J connectivity index is 1.95. The molecule has 5 nitrogen and oxygen atoms in total. The van der Waals surface area contributed by atoms with Gasteiger partial charge in [0, 0.05) is 18.5 Å². The summed E-state index contributed by atoms with van der Waals surface area (Å²) >= 11 is 1.78. The molecule has 0 amide bonds. The first-order valence-electron chi connectivity index (χ1n) is 7.16. The first-order chi connectivity index (χ1) is 10.1. The molecule has 21 heavy (non-hydrogen) atoms. The van der Waals surface area contributed by atoms with Crippen molar-refractivity contribution in [2.24, 2.45) is 5.92 Å². The molecule has 0 radical (unpaired) electrons. The van der Waals surface area contributed by atoms with E-state index in [9.17, 15) is 4.79 Å². The van der Waals surface area contributed by atoms with Crippen molar-refractivity contribution in [3.63, 3.8) is 0 Å². The van der Waals surface area contributed by atoms with E-state index in [4.69, 9.17) is 4.74 Å². The van der Waals surface area contributed by atoms with Gasteiger partial charge in [-0.15, -0.1) is 11.3 Å². The van der Waals surface area contributed by atoms with Gasteiger partial charge in [-0.1, -0.05) is 6.92 Å². The van der Waals surface area contributed by atoms with Gasteiger partial charge < -0.3 is 9.64 Å². The Morgan fingerprint density at radius 2 is 2.29 bits per heavy atom. The largest absolute Gasteiger partial charge is 0.469 e. The minimum absolute atomic E-state index is 0.184. The molecule has 0 aromatic carbocycles. The van der Waals surface area contributed by atoms with Gasteiger partial charge >= 0.3 is 5.97 Å². The molecule has 1 aliphatic rings. The molecule has 6 heteroatoms. The van der Waals surface area contributed by atoms with Crippen molar-refractivity contribution in [1.82, 2.24) is 9.97 Å². The number of ether oxygens (including phenoxy) is 1. The molecule has 0 bridgehead atoms. The number of aromatic nitrogens is 2. The molecular formula is C15H19N3O2S. The maximum absolute atomic E-state index is 11.6. The van der Waals surface area contributed by atoms with E-state index in [-0.39, 0.29) is 11.9 Å². The number of carbonyl (C=O) groups excluding carboxylic acids is 1. The van der Waals surface area contributed by atoms with Crippen molar-refractivity contribution in [3.8, 4) is 0 Å². The van der Waals surface area contributed by atoms with Crippen LogP contribution in [0.1, 0.15) is 23.8 Å². The van der Waals surface area contributed by atoms with E-state index in [2.05, 4.69) is 9.97 Å². The normalized spacial score (nSPS) is 15.0. The fourth-order valence-electron chi connectivity index (χ4n) is 2.97. The summed E-state index contributed by atoms with van der Waals surface area (Å²) in [5, 5.41) is 1.18. The Labute approximate surface area is 128 Å². The highest BCUT2D eigenvalue weighted by Gasteiger charge is 2.24. The highest BCUT2D eigenvalue weighted by Crippen LogP contribution is 2.39. The van der Waals surface area contributed by atoms with Gasteiger partial charge in [0.15, 0.2) is 0 Å². The summed E-state index contributed by atoms with van der Waals surface area (Å²) in [5.41, 5.74) is 1.41. The van der Waals surface area contributed by atoms with E-state index in [1.807, 2.05) is 18.9 Å². The van der Waals surface area contributed by atoms with Gasteiger partial charge in [-0.05, 0) is 24.8 Å². The van der Waals surface area contributed by atoms with Crippen LogP contribution in [0.3, 0.4) is 0 Å². The monoisotopic (exact) mass is 305 g/mol. The Hall–Kier alpha value is -1.69. The number of anilines is 1. The second kappa shape index (κ2) is 5.60. The third-order valence-corrected chi connectivity index (χ3v) is 5.19. The van der Waals surface area contributed by atoms with Gasteiger partial charge in [-0.25, -0.2) is 9.97 Å². The van der Waals surface area contributed by atoms with Crippen LogP contribution in [-0.4, -0.2) is 36.6 Å². The summed E-state index contributed by atoms with van der Waals surface area (Å²) in [5.74, 6) is 0.551. The molecule has 1 atom stereocenters. The number of esters is 1. The lowest BCUT2D eigenvalue weighted by Gasteiger charge is -2.22. The maximum Gasteiger partial charge on any atom is 0.310 e. The van der Waals surface area contributed by atoms with Crippen LogP contribution in [0.25, 0.3) is 10.2 Å². The van der Waals surface area contributed by atoms with Crippen LogP contribution in [0.4, 0.5) is 5.82 Å². The molecule has 1 unspecified atom stereocenters. The Bertz CT molecular complexity index is 683. The molecule has 0 N–H and O–H groups in total. The van der Waals surface area contributed by atoms with Crippen molar-refractivity contribution in [2.75, 3.05) is 25.6 Å². The molecular weight excluding hydrogens is 286 g/mol. The van der Waals surface area contributed by atoms with Crippen LogP contribution in [0.5, 0.6) is 0 Å². The highest BCUT2D eigenvalue weighted by atomic mass is 32.1. The Morgan fingerprint density at radius 3 is 3.05 bits per heavy atom. The van der Waals surface area contributed by atoms with Gasteiger partial charge in [0.25, 0.3) is 0 Å². The lowest BCUT2D eigenvalue weighted by atomic mass is 10.1. The molecule has 1 aliphatic carbocycles. The van der Waals surface area contributed by atoms with E-state index >= 15 is 0 Å². The molecule has 0 fully saturated rings. The quantitative estimate of drug-likeness (QED) is 0.812. The lowest BCUT2D eigenvalue weighted by Crippen LogP contribution is -2.30. The van der Waals surface area contributed by atoms with E-state index in [1.165, 1.54) is 29.4 Å². The molecule has 0 aliphatic heterocycles. The number of hydrogen-bond acceptors (Lipinski definition) is 6. The number of nitrogens with zero attached hydrogens (tertiary/aromatic N) is 3. The van der Waals surface area contributed by atoms with Crippen LogP contribution < -0.4 is 4.90 Å². The van der Waals surface area contributed by atoms with Crippen molar-refractivity contribution in [3.05, 3.63) is 16.8 Å². The number of carbonyl (C=O) groups is 1. The number of rotatable bonds is 4. The molecule has 2 aromatic heterocycles. The van der Waals surface area contributed by atoms with Crippen LogP contribution in [0.15, 0.2) is 6.33 Å². The van der Waals surface area contributed by atoms with Gasteiger partial charge in [0.1, 0.15) is 17.0 Å². The summed E-state index contributed by atoms with van der Waals surface area (Å²) in [4.78, 5) is 25.0. The third kappa shape index (κ3) is 2.48. The first kappa shape index (κ1) is 14.3. The molecule has 0 saturated heterocycles. The maximum atomic E-state index is 11.6. The minimum Gasteiger partial charge on any atom is -0.469 e. The summed E-state index contributed by atoms with van der Waals surface area (Å²) in [6.45, 7) is 2.46. The van der Waals surface area contributed by atoms with E-state index in [1.54, 1.807) is 17.7 Å².